The molecule has 18 aromatic rings. The molecule has 0 bridgehead atoms. The van der Waals surface area contributed by atoms with Gasteiger partial charge in [0.1, 0.15) is 5.58 Å². The third kappa shape index (κ3) is 25.1. The van der Waals surface area contributed by atoms with E-state index in [4.69, 9.17) is 40.5 Å². The van der Waals surface area contributed by atoms with Crippen LogP contribution < -0.4 is 15.6 Å². The van der Waals surface area contributed by atoms with Crippen molar-refractivity contribution in [2.45, 2.75) is 161 Å². The van der Waals surface area contributed by atoms with Crippen molar-refractivity contribution in [3.8, 4) is 67.5 Å². The van der Waals surface area contributed by atoms with Crippen LogP contribution in [0.4, 0.5) is 0 Å². The second-order valence-corrected chi connectivity index (χ2v) is 50.5. The summed E-state index contributed by atoms with van der Waals surface area (Å²) in [5.74, 6) is 1.85. The van der Waals surface area contributed by atoms with Gasteiger partial charge < -0.3 is 43.2 Å². The molecular weight excluding hydrogens is 2130 g/mol. The summed E-state index contributed by atoms with van der Waals surface area (Å²) < 4.78 is 82.9. The number of benzene rings is 6. The van der Waals surface area contributed by atoms with Crippen LogP contribution in [0.2, 0.25) is 58.9 Å². The zero-order chi connectivity index (χ0) is 94.9. The summed E-state index contributed by atoms with van der Waals surface area (Å²) in [5, 5.41) is 10.8. The summed E-state index contributed by atoms with van der Waals surface area (Å²) in [5.41, 5.74) is 23.4. The van der Waals surface area contributed by atoms with Crippen LogP contribution in [0.15, 0.2) is 251 Å². The van der Waals surface area contributed by atoms with Crippen molar-refractivity contribution in [1.29, 1.82) is 0 Å². The SMILES string of the molecule is CC(C)Cc1cc(-c2[c-]cc3oc4ncccc4c3c2)ncc1[Si](C)(C)C.Cc1cc2c(oc3c[c-]c(-c4cc(CC(C)C)c([Si](C)(C)C)cn4)cc32)c(C)n1.Cc1ccc2c(n1)oc1c[c-]c(-c3cc(CC(C)C)c([Si](C)(C)C)cn3)cc12.[2H]C([2H])([2H])c1ccc(-c2[c-]cccc2)nc1.[2H]C([2H])([2H])c1ccc(-c2[c-]cccc2)nc1.[2H]C([2H])([2H])c1ccc(-c2[c-]cccc2)nc1.[Ir].[Ir].[Ir]. The number of rotatable bonds is 15. The van der Waals surface area contributed by atoms with Crippen molar-refractivity contribution >= 4 is 106 Å². The minimum Gasteiger partial charge on any atom is -0.499 e. The molecule has 12 nitrogen and oxygen atoms in total. The Morgan fingerprint density at radius 2 is 0.690 bits per heavy atom. The maximum absolute atomic E-state index is 7.23. The van der Waals surface area contributed by atoms with E-state index in [1.807, 2.05) is 112 Å². The second kappa shape index (κ2) is 43.4. The summed E-state index contributed by atoms with van der Waals surface area (Å²) in [7, 11) is -4.32. The maximum Gasteiger partial charge on any atom is 0.216 e. The Balaban J connectivity index is 0.000000170. The molecule has 0 atom stereocenters. The zero-order valence-electron chi connectivity index (χ0n) is 83.6. The number of pyridine rings is 9. The first-order valence-electron chi connectivity index (χ1n) is 46.3. The number of fused-ring (bicyclic) bond motifs is 9. The van der Waals surface area contributed by atoms with E-state index in [1.165, 1.54) is 50.8 Å². The monoisotopic (exact) mass is 2250 g/mol. The predicted molar refractivity (Wildman–Crippen MR) is 519 cm³/mol. The van der Waals surface area contributed by atoms with Gasteiger partial charge in [-0.15, -0.1) is 179 Å². The molecule has 0 aliphatic heterocycles. The van der Waals surface area contributed by atoms with E-state index in [2.05, 4.69) is 234 Å². The zero-order valence-corrected chi connectivity index (χ0v) is 84.8. The van der Waals surface area contributed by atoms with Crippen LogP contribution in [-0.2, 0) is 79.6 Å². The average molecular weight is 2250 g/mol. The Hall–Kier alpha value is -10.3. The number of hydrogen-bond donors (Lipinski definition) is 0. The molecule has 0 fully saturated rings. The van der Waals surface area contributed by atoms with Crippen LogP contribution in [0.3, 0.4) is 0 Å². The fourth-order valence-electron chi connectivity index (χ4n) is 14.8. The molecule has 0 aliphatic rings. The largest absolute Gasteiger partial charge is 0.499 e. The summed E-state index contributed by atoms with van der Waals surface area (Å²) in [6, 6.07) is 80.6. The van der Waals surface area contributed by atoms with Gasteiger partial charge in [0.05, 0.1) is 46.7 Å². The summed E-state index contributed by atoms with van der Waals surface area (Å²) in [6.07, 6.45) is 15.5. The summed E-state index contributed by atoms with van der Waals surface area (Å²) >= 11 is 0. The molecule has 12 heterocycles. The number of hydrogen-bond acceptors (Lipinski definition) is 12. The summed E-state index contributed by atoms with van der Waals surface area (Å²) in [6.45, 7) is 34.9. The Morgan fingerprint density at radius 3 is 1.04 bits per heavy atom. The van der Waals surface area contributed by atoms with Crippen LogP contribution in [0, 0.1) is 95.5 Å². The standard InChI is InChI=1S/C25H29N2OSi.C24H27N2OSi.C23H25N2OSi.3C12H10N.3Ir/c1-15(2)10-19-13-22(26-14-24(19)29(5,6)7)18-8-9-23-20(12-18)21-11-16(3)27-17(4)25(21)28-23;1-15(2)11-18-13-21(25-14-23(18)28(4,5)6)17-8-10-22-20(12-17)19-9-7-16(3)26-24(19)27-22;1-15(2)11-17-13-20(25-14-22(17)27(3,4)5)16-8-9-21-19(12-16)18-7-6-10-24-23(18)26-21;3*1-10-7-8-12(13-9-10)11-5-3-2-4-6-11;;;/h9,11-15H,10H2,1-7H3;7,9-10,12-15H,11H2,1-6H3;6-7,9-10,12-15H,11H2,1-5H3;3*2-5,7-9H,1H3;;;/q6*-1;;;/i;;;3*1D3;;;. The number of aromatic nitrogens is 9. The van der Waals surface area contributed by atoms with E-state index >= 15 is 0 Å². The van der Waals surface area contributed by atoms with Crippen LogP contribution in [0.1, 0.15) is 104 Å². The molecule has 126 heavy (non-hydrogen) atoms. The van der Waals surface area contributed by atoms with Crippen molar-refractivity contribution in [3.05, 3.63) is 324 Å². The van der Waals surface area contributed by atoms with Gasteiger partial charge in [0.15, 0.2) is 0 Å². The normalized spacial score (nSPS) is 12.7. The Bertz CT molecular complexity index is 6810. The van der Waals surface area contributed by atoms with Crippen LogP contribution >= 0.6 is 0 Å². The first-order valence-corrected chi connectivity index (χ1v) is 52.3. The van der Waals surface area contributed by atoms with Gasteiger partial charge in [0.25, 0.3) is 0 Å². The molecule has 18 rings (SSSR count). The van der Waals surface area contributed by atoms with E-state index in [9.17, 15) is 0 Å². The van der Waals surface area contributed by atoms with E-state index in [0.29, 0.717) is 29.2 Å². The number of aryl methyl sites for hydroxylation is 6. The van der Waals surface area contributed by atoms with Gasteiger partial charge in [-0.1, -0.05) is 188 Å². The molecule has 651 valence electrons. The van der Waals surface area contributed by atoms with Gasteiger partial charge in [0, 0.05) is 144 Å². The van der Waals surface area contributed by atoms with E-state index in [0.717, 1.165) is 159 Å². The summed E-state index contributed by atoms with van der Waals surface area (Å²) in [4.78, 5) is 40.2. The molecule has 0 spiro atoms. The van der Waals surface area contributed by atoms with E-state index < -0.39 is 44.8 Å². The molecule has 0 amide bonds. The van der Waals surface area contributed by atoms with E-state index in [1.54, 1.807) is 60.8 Å². The molecule has 0 aliphatic carbocycles. The number of furan rings is 3. The van der Waals surface area contributed by atoms with Gasteiger partial charge in [-0.05, 0) is 175 Å². The third-order valence-electron chi connectivity index (χ3n) is 20.6. The van der Waals surface area contributed by atoms with Gasteiger partial charge in [-0.3, -0.25) is 4.98 Å². The smallest absolute Gasteiger partial charge is 0.216 e. The molecule has 18 heteroatoms. The Morgan fingerprint density at radius 1 is 0.325 bits per heavy atom. The first kappa shape index (κ1) is 85.1. The van der Waals surface area contributed by atoms with Crippen molar-refractivity contribution in [3.63, 3.8) is 0 Å². The van der Waals surface area contributed by atoms with Gasteiger partial charge in [-0.25, -0.2) is 9.97 Å². The molecule has 0 N–H and O–H groups in total. The Labute approximate surface area is 801 Å². The maximum atomic E-state index is 7.23. The van der Waals surface area contributed by atoms with Crippen LogP contribution in [-0.4, -0.2) is 69.1 Å². The van der Waals surface area contributed by atoms with Gasteiger partial charge in [-0.2, -0.15) is 0 Å². The van der Waals surface area contributed by atoms with Crippen molar-refractivity contribution in [2.24, 2.45) is 17.8 Å². The minimum atomic E-state index is -2.09. The molecular formula is C108H111Ir3N9O3Si3-6. The molecule has 0 saturated carbocycles. The average Bonchev–Trinajstić information content (AvgIpc) is 1.63. The predicted octanol–water partition coefficient (Wildman–Crippen LogP) is 26.3. The minimum absolute atomic E-state index is 0. The topological polar surface area (TPSA) is 155 Å². The van der Waals surface area contributed by atoms with Crippen molar-refractivity contribution < 1.29 is 85.9 Å². The van der Waals surface area contributed by atoms with Gasteiger partial charge >= 0.3 is 0 Å². The quantitative estimate of drug-likeness (QED) is 0.0708. The fraction of sp³-hybridized carbons (Fsp3) is 0.250. The molecule has 6 aromatic carbocycles. The second-order valence-electron chi connectivity index (χ2n) is 35.4. The van der Waals surface area contributed by atoms with E-state index in [-0.39, 0.29) is 77.0 Å². The number of nitrogens with zero attached hydrogens (tertiary/aromatic N) is 9. The molecule has 0 unspecified atom stereocenters. The van der Waals surface area contributed by atoms with Gasteiger partial charge in [0.2, 0.25) is 11.4 Å². The van der Waals surface area contributed by atoms with Crippen LogP contribution in [0.25, 0.3) is 134 Å². The Kier molecular flexibility index (Phi) is 29.4. The first-order chi connectivity index (χ1) is 62.4. The van der Waals surface area contributed by atoms with Crippen LogP contribution in [0.5, 0.6) is 0 Å². The van der Waals surface area contributed by atoms with Crippen molar-refractivity contribution in [1.82, 2.24) is 44.9 Å². The fourth-order valence-corrected chi connectivity index (χ4v) is 19.6. The molecule has 3 radical (unpaired) electrons. The molecule has 0 saturated heterocycles. The van der Waals surface area contributed by atoms with Crippen molar-refractivity contribution in [2.75, 3.05) is 0 Å². The molecule has 12 aromatic heterocycles. The third-order valence-corrected chi connectivity index (χ3v) is 26.8.